The fourth-order valence-corrected chi connectivity index (χ4v) is 1.35. The first kappa shape index (κ1) is 11.5. The molecular formula is C11H8F3N2O. The van der Waals surface area contributed by atoms with Crippen LogP contribution in [0.3, 0.4) is 0 Å². The fourth-order valence-electron chi connectivity index (χ4n) is 1.35. The van der Waals surface area contributed by atoms with Gasteiger partial charge in [0.1, 0.15) is 17.8 Å². The van der Waals surface area contributed by atoms with E-state index >= 15 is 0 Å². The van der Waals surface area contributed by atoms with Crippen molar-refractivity contribution in [1.82, 2.24) is 9.97 Å². The molecule has 1 N–H and O–H groups in total. The lowest BCUT2D eigenvalue weighted by molar-refractivity contribution is -0.274. The molecule has 6 heteroatoms. The number of aryl methyl sites for hydroxylation is 1. The molecule has 0 atom stereocenters. The van der Waals surface area contributed by atoms with Crippen LogP contribution in [0.4, 0.5) is 13.2 Å². The minimum atomic E-state index is -4.69. The number of aromatic nitrogens is 2. The Morgan fingerprint density at radius 2 is 2.12 bits per heavy atom. The molecule has 17 heavy (non-hydrogen) atoms. The molecule has 2 rings (SSSR count). The Hall–Kier alpha value is -1.98. The Balaban J connectivity index is 2.29. The van der Waals surface area contributed by atoms with E-state index < -0.39 is 6.36 Å². The molecule has 0 fully saturated rings. The summed E-state index contributed by atoms with van der Waals surface area (Å²) in [4.78, 5) is 6.79. The largest absolute Gasteiger partial charge is 0.573 e. The minimum Gasteiger partial charge on any atom is -0.406 e. The van der Waals surface area contributed by atoms with Gasteiger partial charge in [0, 0.05) is 11.3 Å². The predicted octanol–water partition coefficient (Wildman–Crippen LogP) is 3.08. The molecular weight excluding hydrogens is 233 g/mol. The van der Waals surface area contributed by atoms with Gasteiger partial charge >= 0.3 is 6.36 Å². The van der Waals surface area contributed by atoms with Gasteiger partial charge in [-0.3, -0.25) is 0 Å². The Kier molecular flexibility index (Phi) is 2.79. The quantitative estimate of drug-likeness (QED) is 0.877. The van der Waals surface area contributed by atoms with E-state index in [0.717, 1.165) is 0 Å². The van der Waals surface area contributed by atoms with Crippen LogP contribution in [0.5, 0.6) is 5.75 Å². The van der Waals surface area contributed by atoms with Gasteiger partial charge in [0.2, 0.25) is 0 Å². The van der Waals surface area contributed by atoms with Crippen molar-refractivity contribution in [2.75, 3.05) is 0 Å². The highest BCUT2D eigenvalue weighted by molar-refractivity contribution is 5.57. The molecule has 0 aliphatic heterocycles. The summed E-state index contributed by atoms with van der Waals surface area (Å²) < 4.78 is 39.9. The topological polar surface area (TPSA) is 37.9 Å². The van der Waals surface area contributed by atoms with E-state index in [4.69, 9.17) is 0 Å². The number of imidazole rings is 1. The normalized spacial score (nSPS) is 11.5. The van der Waals surface area contributed by atoms with Crippen molar-refractivity contribution in [1.29, 1.82) is 0 Å². The average Bonchev–Trinajstić information content (AvgIpc) is 2.63. The first-order valence-corrected chi connectivity index (χ1v) is 4.74. The zero-order valence-corrected chi connectivity index (χ0v) is 8.80. The summed E-state index contributed by atoms with van der Waals surface area (Å²) in [6.45, 7) is 1.76. The lowest BCUT2D eigenvalue weighted by Gasteiger charge is -2.09. The average molecular weight is 241 g/mol. The van der Waals surface area contributed by atoms with Gasteiger partial charge in [-0.2, -0.15) is 0 Å². The van der Waals surface area contributed by atoms with Crippen LogP contribution in [0.25, 0.3) is 11.4 Å². The van der Waals surface area contributed by atoms with Crippen LogP contribution in [0.1, 0.15) is 5.69 Å². The molecule has 1 radical (unpaired) electrons. The predicted molar refractivity (Wildman–Crippen MR) is 54.3 cm³/mol. The van der Waals surface area contributed by atoms with Crippen molar-refractivity contribution in [3.63, 3.8) is 0 Å². The molecule has 0 saturated heterocycles. The maximum absolute atomic E-state index is 12.0. The van der Waals surface area contributed by atoms with E-state index in [1.807, 2.05) is 0 Å². The van der Waals surface area contributed by atoms with Crippen LogP contribution >= 0.6 is 0 Å². The minimum absolute atomic E-state index is 0.274. The van der Waals surface area contributed by atoms with Crippen LogP contribution < -0.4 is 4.74 Å². The van der Waals surface area contributed by atoms with Gasteiger partial charge in [0.15, 0.2) is 0 Å². The second-order valence-electron chi connectivity index (χ2n) is 3.40. The third-order valence-corrected chi connectivity index (χ3v) is 1.98. The molecule has 0 saturated carbocycles. The number of nitrogens with one attached hydrogen (secondary N) is 1. The Morgan fingerprint density at radius 1 is 1.35 bits per heavy atom. The van der Waals surface area contributed by atoms with Crippen molar-refractivity contribution in [2.45, 2.75) is 13.3 Å². The van der Waals surface area contributed by atoms with Crippen molar-refractivity contribution >= 4 is 0 Å². The standard InChI is InChI=1S/C11H8F3N2O/c1-7-6-15-10(16-7)8-3-2-4-9(5-8)17-11(12,13)14/h2-5H,1H3,(H,15,16). The lowest BCUT2D eigenvalue weighted by Crippen LogP contribution is -2.17. The fraction of sp³-hybridized carbons (Fsp3) is 0.182. The van der Waals surface area contributed by atoms with E-state index in [2.05, 4.69) is 20.9 Å². The van der Waals surface area contributed by atoms with Gasteiger partial charge in [0.25, 0.3) is 0 Å². The molecule has 1 heterocycles. The van der Waals surface area contributed by atoms with Crippen molar-refractivity contribution in [3.8, 4) is 17.1 Å². The van der Waals surface area contributed by atoms with Gasteiger partial charge < -0.3 is 9.72 Å². The molecule has 2 aromatic rings. The second-order valence-corrected chi connectivity index (χ2v) is 3.40. The number of hydrogen-bond donors (Lipinski definition) is 1. The van der Waals surface area contributed by atoms with E-state index in [-0.39, 0.29) is 5.75 Å². The summed E-state index contributed by atoms with van der Waals surface area (Å²) in [6.07, 6.45) is -2.02. The van der Waals surface area contributed by atoms with Crippen LogP contribution in [-0.4, -0.2) is 16.3 Å². The molecule has 0 unspecified atom stereocenters. The highest BCUT2D eigenvalue weighted by Gasteiger charge is 2.31. The maximum atomic E-state index is 12.0. The summed E-state index contributed by atoms with van der Waals surface area (Å²) in [5.74, 6) is 0.180. The molecule has 0 bridgehead atoms. The number of rotatable bonds is 2. The molecule has 1 aromatic carbocycles. The summed E-state index contributed by atoms with van der Waals surface area (Å²) in [5, 5.41) is 0. The number of aromatic amines is 1. The number of nitrogens with zero attached hydrogens (tertiary/aromatic N) is 1. The highest BCUT2D eigenvalue weighted by Crippen LogP contribution is 2.26. The molecule has 0 amide bonds. The van der Waals surface area contributed by atoms with Gasteiger partial charge in [0.05, 0.1) is 0 Å². The number of benzene rings is 1. The lowest BCUT2D eigenvalue weighted by atomic mass is 10.2. The number of halogens is 3. The van der Waals surface area contributed by atoms with E-state index in [0.29, 0.717) is 17.1 Å². The summed E-state index contributed by atoms with van der Waals surface area (Å²) in [5.41, 5.74) is 1.22. The molecule has 89 valence electrons. The zero-order valence-electron chi connectivity index (χ0n) is 8.80. The number of ether oxygens (including phenoxy) is 1. The number of hydrogen-bond acceptors (Lipinski definition) is 2. The summed E-state index contributed by atoms with van der Waals surface area (Å²) in [6, 6.07) is 5.60. The highest BCUT2D eigenvalue weighted by atomic mass is 19.4. The summed E-state index contributed by atoms with van der Waals surface area (Å²) >= 11 is 0. The smallest absolute Gasteiger partial charge is 0.406 e. The van der Waals surface area contributed by atoms with Crippen molar-refractivity contribution < 1.29 is 17.9 Å². The third-order valence-electron chi connectivity index (χ3n) is 1.98. The Labute approximate surface area is 95.3 Å². The van der Waals surface area contributed by atoms with Crippen molar-refractivity contribution in [3.05, 3.63) is 36.2 Å². The third kappa shape index (κ3) is 2.99. The zero-order chi connectivity index (χ0) is 12.5. The second kappa shape index (κ2) is 4.12. The molecule has 3 nitrogen and oxygen atoms in total. The SMILES string of the molecule is Cc1[c]nc(-c2cccc(OC(F)(F)F)c2)[nH]1. The van der Waals surface area contributed by atoms with Crippen LogP contribution in [-0.2, 0) is 0 Å². The van der Waals surface area contributed by atoms with Gasteiger partial charge in [-0.1, -0.05) is 12.1 Å². The molecule has 0 aliphatic rings. The summed E-state index contributed by atoms with van der Waals surface area (Å²) in [7, 11) is 0. The van der Waals surface area contributed by atoms with E-state index in [1.165, 1.54) is 18.2 Å². The molecule has 0 aliphatic carbocycles. The van der Waals surface area contributed by atoms with Crippen LogP contribution in [0, 0.1) is 13.1 Å². The first-order chi connectivity index (χ1) is 7.94. The van der Waals surface area contributed by atoms with E-state index in [9.17, 15) is 13.2 Å². The Bertz CT molecular complexity index is 519. The maximum Gasteiger partial charge on any atom is 0.573 e. The van der Waals surface area contributed by atoms with Gasteiger partial charge in [-0.15, -0.1) is 13.2 Å². The van der Waals surface area contributed by atoms with Crippen molar-refractivity contribution in [2.24, 2.45) is 0 Å². The van der Waals surface area contributed by atoms with Gasteiger partial charge in [-0.25, -0.2) is 4.98 Å². The Morgan fingerprint density at radius 3 is 2.71 bits per heavy atom. The number of H-pyrrole nitrogens is 1. The van der Waals surface area contributed by atoms with E-state index in [1.54, 1.807) is 13.0 Å². The molecule has 1 aromatic heterocycles. The molecule has 0 spiro atoms. The number of alkyl halides is 3. The monoisotopic (exact) mass is 241 g/mol. The first-order valence-electron chi connectivity index (χ1n) is 4.74. The van der Waals surface area contributed by atoms with Crippen LogP contribution in [0.15, 0.2) is 24.3 Å². The van der Waals surface area contributed by atoms with Crippen LogP contribution in [0.2, 0.25) is 0 Å². The van der Waals surface area contributed by atoms with Gasteiger partial charge in [-0.05, 0) is 19.1 Å².